The number of nitrogens with zero attached hydrogens (tertiary/aromatic N) is 4. The molecule has 0 saturated carbocycles. The van der Waals surface area contributed by atoms with Crippen LogP contribution in [0.3, 0.4) is 0 Å². The van der Waals surface area contributed by atoms with Crippen molar-refractivity contribution in [2.45, 2.75) is 6.92 Å². The van der Waals surface area contributed by atoms with E-state index in [2.05, 4.69) is 20.4 Å². The third kappa shape index (κ3) is 3.88. The summed E-state index contributed by atoms with van der Waals surface area (Å²) in [4.78, 5) is 20.6. The van der Waals surface area contributed by atoms with Gasteiger partial charge in [0.05, 0.1) is 5.69 Å². The number of benzene rings is 2. The highest BCUT2D eigenvalue weighted by atomic mass is 16.5. The Kier molecular flexibility index (Phi) is 4.79. The maximum absolute atomic E-state index is 12.5. The molecule has 0 unspecified atom stereocenters. The Labute approximate surface area is 161 Å². The summed E-state index contributed by atoms with van der Waals surface area (Å²) in [7, 11) is 0. The highest BCUT2D eigenvalue weighted by Crippen LogP contribution is 2.24. The van der Waals surface area contributed by atoms with Gasteiger partial charge in [-0.25, -0.2) is 14.6 Å². The van der Waals surface area contributed by atoms with Crippen molar-refractivity contribution in [3.8, 4) is 17.4 Å². The van der Waals surface area contributed by atoms with Gasteiger partial charge in [0, 0.05) is 24.3 Å². The number of aryl methyl sites for hydroxylation is 1. The molecule has 0 spiro atoms. The molecule has 138 valence electrons. The van der Waals surface area contributed by atoms with Crippen LogP contribution >= 0.6 is 0 Å². The van der Waals surface area contributed by atoms with Crippen LogP contribution < -0.4 is 10.1 Å². The number of aromatic nitrogens is 4. The number of anilines is 1. The summed E-state index contributed by atoms with van der Waals surface area (Å²) in [6, 6.07) is 18.6. The van der Waals surface area contributed by atoms with Gasteiger partial charge in [-0.2, -0.15) is 5.10 Å². The van der Waals surface area contributed by atoms with E-state index in [1.165, 1.54) is 0 Å². The lowest BCUT2D eigenvalue weighted by Crippen LogP contribution is -2.14. The van der Waals surface area contributed by atoms with Gasteiger partial charge >= 0.3 is 6.01 Å². The summed E-state index contributed by atoms with van der Waals surface area (Å²) in [6.07, 6.45) is 4.98. The van der Waals surface area contributed by atoms with Gasteiger partial charge in [-0.1, -0.05) is 18.2 Å². The van der Waals surface area contributed by atoms with Crippen LogP contribution in [-0.4, -0.2) is 25.7 Å². The smallest absolute Gasteiger partial charge is 0.321 e. The molecule has 0 radical (unpaired) electrons. The number of hydrogen-bond acceptors (Lipinski definition) is 5. The standard InChI is InChI=1S/C21H17N5O2/c1-15-14-17(28-21-22-11-5-12-23-21)8-9-18(15)24-20(27)19-10-13-26(25-19)16-6-3-2-4-7-16/h2-14H,1H3,(H,24,27). The SMILES string of the molecule is Cc1cc(Oc2ncccn2)ccc1NC(=O)c1ccn(-c2ccccc2)n1. The van der Waals surface area contributed by atoms with E-state index in [1.807, 2.05) is 43.3 Å². The number of carbonyl (C=O) groups is 1. The molecule has 0 saturated heterocycles. The zero-order valence-corrected chi connectivity index (χ0v) is 15.1. The van der Waals surface area contributed by atoms with Crippen LogP contribution in [0.5, 0.6) is 11.8 Å². The molecule has 0 fully saturated rings. The van der Waals surface area contributed by atoms with Crippen molar-refractivity contribution in [3.05, 3.63) is 90.5 Å². The second kappa shape index (κ2) is 7.71. The van der Waals surface area contributed by atoms with Crippen LogP contribution in [0.1, 0.15) is 16.1 Å². The quantitative estimate of drug-likeness (QED) is 0.573. The topological polar surface area (TPSA) is 81.9 Å². The molecule has 7 nitrogen and oxygen atoms in total. The van der Waals surface area contributed by atoms with Crippen LogP contribution in [-0.2, 0) is 0 Å². The van der Waals surface area contributed by atoms with Crippen LogP contribution in [0, 0.1) is 6.92 Å². The molecule has 0 aliphatic rings. The van der Waals surface area contributed by atoms with Gasteiger partial charge in [-0.15, -0.1) is 0 Å². The lowest BCUT2D eigenvalue weighted by molar-refractivity contribution is 0.102. The number of para-hydroxylation sites is 1. The zero-order chi connectivity index (χ0) is 19.3. The van der Waals surface area contributed by atoms with Gasteiger partial charge in [0.25, 0.3) is 5.91 Å². The normalized spacial score (nSPS) is 10.5. The Morgan fingerprint density at radius 1 is 1.00 bits per heavy atom. The Hall–Kier alpha value is -4.00. The Morgan fingerprint density at radius 3 is 2.54 bits per heavy atom. The van der Waals surface area contributed by atoms with Gasteiger partial charge in [-0.05, 0) is 55.0 Å². The molecule has 28 heavy (non-hydrogen) atoms. The van der Waals surface area contributed by atoms with Gasteiger partial charge in [-0.3, -0.25) is 4.79 Å². The monoisotopic (exact) mass is 371 g/mol. The number of carbonyl (C=O) groups excluding carboxylic acids is 1. The van der Waals surface area contributed by atoms with Crippen LogP contribution in [0.4, 0.5) is 5.69 Å². The van der Waals surface area contributed by atoms with Crippen molar-refractivity contribution in [3.63, 3.8) is 0 Å². The van der Waals surface area contributed by atoms with Crippen molar-refractivity contribution >= 4 is 11.6 Å². The fraction of sp³-hybridized carbons (Fsp3) is 0.0476. The molecule has 0 aliphatic heterocycles. The third-order valence-corrected chi connectivity index (χ3v) is 4.04. The van der Waals surface area contributed by atoms with Crippen molar-refractivity contribution in [2.75, 3.05) is 5.32 Å². The second-order valence-corrected chi connectivity index (χ2v) is 6.05. The number of amides is 1. The van der Waals surface area contributed by atoms with Crippen molar-refractivity contribution in [2.24, 2.45) is 0 Å². The highest BCUT2D eigenvalue weighted by molar-refractivity contribution is 6.03. The van der Waals surface area contributed by atoms with E-state index in [0.29, 0.717) is 17.1 Å². The number of ether oxygens (including phenoxy) is 1. The van der Waals surface area contributed by atoms with E-state index in [0.717, 1.165) is 11.3 Å². The van der Waals surface area contributed by atoms with Gasteiger partial charge in [0.15, 0.2) is 5.69 Å². The summed E-state index contributed by atoms with van der Waals surface area (Å²) in [5.74, 6) is 0.313. The molecule has 4 rings (SSSR count). The second-order valence-electron chi connectivity index (χ2n) is 6.05. The van der Waals surface area contributed by atoms with Gasteiger partial charge in [0.1, 0.15) is 5.75 Å². The Balaban J connectivity index is 1.47. The molecule has 2 aromatic heterocycles. The summed E-state index contributed by atoms with van der Waals surface area (Å²) in [5, 5.41) is 7.22. The average molecular weight is 371 g/mol. The van der Waals surface area contributed by atoms with E-state index in [1.54, 1.807) is 47.5 Å². The van der Waals surface area contributed by atoms with E-state index >= 15 is 0 Å². The minimum atomic E-state index is -0.280. The third-order valence-electron chi connectivity index (χ3n) is 4.04. The molecule has 4 aromatic rings. The van der Waals surface area contributed by atoms with Gasteiger partial charge in [0.2, 0.25) is 0 Å². The maximum atomic E-state index is 12.5. The zero-order valence-electron chi connectivity index (χ0n) is 15.1. The van der Waals surface area contributed by atoms with E-state index in [9.17, 15) is 4.79 Å². The van der Waals surface area contributed by atoms with Gasteiger partial charge < -0.3 is 10.1 Å². The average Bonchev–Trinajstić information content (AvgIpc) is 3.22. The minimum Gasteiger partial charge on any atom is -0.424 e. The summed E-state index contributed by atoms with van der Waals surface area (Å²) in [5.41, 5.74) is 2.76. The Morgan fingerprint density at radius 2 is 1.79 bits per heavy atom. The van der Waals surface area contributed by atoms with E-state index in [4.69, 9.17) is 4.74 Å². The van der Waals surface area contributed by atoms with E-state index < -0.39 is 0 Å². The molecular formula is C21H17N5O2. The molecule has 1 N–H and O–H groups in total. The van der Waals surface area contributed by atoms with Crippen molar-refractivity contribution in [1.82, 2.24) is 19.7 Å². The first-order chi connectivity index (χ1) is 13.7. The lowest BCUT2D eigenvalue weighted by Gasteiger charge is -2.09. The largest absolute Gasteiger partial charge is 0.424 e. The van der Waals surface area contributed by atoms with Crippen LogP contribution in [0.15, 0.2) is 79.3 Å². The molecule has 1 amide bonds. The fourth-order valence-corrected chi connectivity index (χ4v) is 2.64. The fourth-order valence-electron chi connectivity index (χ4n) is 2.64. The number of nitrogens with one attached hydrogen (secondary N) is 1. The number of hydrogen-bond donors (Lipinski definition) is 1. The molecular weight excluding hydrogens is 354 g/mol. The molecule has 2 aromatic carbocycles. The summed E-state index contributed by atoms with van der Waals surface area (Å²) < 4.78 is 7.27. The number of rotatable bonds is 5. The van der Waals surface area contributed by atoms with E-state index in [-0.39, 0.29) is 11.9 Å². The maximum Gasteiger partial charge on any atom is 0.321 e. The first kappa shape index (κ1) is 17.4. The molecule has 7 heteroatoms. The predicted octanol–water partition coefficient (Wildman–Crippen LogP) is 4.02. The first-order valence-electron chi connectivity index (χ1n) is 8.67. The van der Waals surface area contributed by atoms with Crippen molar-refractivity contribution in [1.29, 1.82) is 0 Å². The highest BCUT2D eigenvalue weighted by Gasteiger charge is 2.12. The minimum absolute atomic E-state index is 0.269. The Bertz CT molecular complexity index is 1090. The molecule has 0 bridgehead atoms. The predicted molar refractivity (Wildman–Crippen MR) is 105 cm³/mol. The first-order valence-corrected chi connectivity index (χ1v) is 8.67. The summed E-state index contributed by atoms with van der Waals surface area (Å²) >= 11 is 0. The molecule has 2 heterocycles. The van der Waals surface area contributed by atoms with Crippen molar-refractivity contribution < 1.29 is 9.53 Å². The molecule has 0 aliphatic carbocycles. The van der Waals surface area contributed by atoms with Crippen LogP contribution in [0.2, 0.25) is 0 Å². The summed E-state index contributed by atoms with van der Waals surface area (Å²) in [6.45, 7) is 1.89. The molecule has 0 atom stereocenters. The van der Waals surface area contributed by atoms with Crippen LogP contribution in [0.25, 0.3) is 5.69 Å². The lowest BCUT2D eigenvalue weighted by atomic mass is 10.2.